The molecule has 154 valence electrons. The van der Waals surface area contributed by atoms with Gasteiger partial charge >= 0.3 is 0 Å². The second-order valence-electron chi connectivity index (χ2n) is 7.62. The van der Waals surface area contributed by atoms with Crippen LogP contribution in [0, 0.1) is 5.92 Å². The third-order valence-electron chi connectivity index (χ3n) is 5.54. The number of hydrogen-bond donors (Lipinski definition) is 1. The summed E-state index contributed by atoms with van der Waals surface area (Å²) in [7, 11) is 1.47. The van der Waals surface area contributed by atoms with Gasteiger partial charge in [-0.05, 0) is 55.1 Å². The van der Waals surface area contributed by atoms with Crippen LogP contribution in [0.15, 0.2) is 42.6 Å². The predicted molar refractivity (Wildman–Crippen MR) is 107 cm³/mol. The average molecular weight is 397 g/mol. The van der Waals surface area contributed by atoms with E-state index in [0.29, 0.717) is 30.6 Å². The molecule has 2 aromatic rings. The molecule has 1 aromatic carbocycles. The molecule has 3 heterocycles. The fraction of sp³-hybridized carbons (Fsp3) is 0.455. The standard InChI is InChI=1S/C22H27N3O4/c1-27-24-21(26)13-16-8-11-25(12-9-16)14-17-4-6-18(7-5-17)20-15-28-19-3-2-10-23-22(19)29-20/h2-7,10,16,20H,8-9,11-15H2,1H3,(H,24,26)/t20-/m1/s1. The molecule has 2 aliphatic rings. The molecule has 1 N–H and O–H groups in total. The molecule has 1 fully saturated rings. The Bertz CT molecular complexity index is 819. The van der Waals surface area contributed by atoms with Gasteiger partial charge in [-0.3, -0.25) is 14.5 Å². The number of piperidine rings is 1. The van der Waals surface area contributed by atoms with Crippen LogP contribution in [0.1, 0.15) is 36.5 Å². The van der Waals surface area contributed by atoms with Gasteiger partial charge in [-0.25, -0.2) is 10.5 Å². The number of carbonyl (C=O) groups is 1. The quantitative estimate of drug-likeness (QED) is 0.756. The van der Waals surface area contributed by atoms with Crippen LogP contribution >= 0.6 is 0 Å². The Morgan fingerprint density at radius 3 is 2.79 bits per heavy atom. The summed E-state index contributed by atoms with van der Waals surface area (Å²) in [5, 5.41) is 0. The van der Waals surface area contributed by atoms with Gasteiger partial charge in [0, 0.05) is 19.2 Å². The molecular weight excluding hydrogens is 370 g/mol. The number of aromatic nitrogens is 1. The first-order valence-electron chi connectivity index (χ1n) is 10.1. The highest BCUT2D eigenvalue weighted by molar-refractivity contribution is 5.75. The number of likely N-dealkylation sites (tertiary alicyclic amines) is 1. The van der Waals surface area contributed by atoms with Gasteiger partial charge in [0.1, 0.15) is 6.61 Å². The van der Waals surface area contributed by atoms with E-state index in [0.717, 1.165) is 38.0 Å². The summed E-state index contributed by atoms with van der Waals surface area (Å²) in [5.41, 5.74) is 4.77. The van der Waals surface area contributed by atoms with Crippen molar-refractivity contribution in [2.75, 3.05) is 26.8 Å². The number of fused-ring (bicyclic) bond motifs is 1. The van der Waals surface area contributed by atoms with Gasteiger partial charge < -0.3 is 9.47 Å². The van der Waals surface area contributed by atoms with Crippen molar-refractivity contribution in [2.45, 2.75) is 31.9 Å². The lowest BCUT2D eigenvalue weighted by Crippen LogP contribution is -2.35. The van der Waals surface area contributed by atoms with Crippen molar-refractivity contribution in [1.82, 2.24) is 15.4 Å². The van der Waals surface area contributed by atoms with Crippen molar-refractivity contribution in [3.05, 3.63) is 53.7 Å². The molecule has 7 heteroatoms. The smallest absolute Gasteiger partial charge is 0.257 e. The number of nitrogens with one attached hydrogen (secondary N) is 1. The molecule has 4 rings (SSSR count). The molecule has 1 atom stereocenters. The normalized spacial score (nSPS) is 19.7. The second-order valence-corrected chi connectivity index (χ2v) is 7.62. The maximum atomic E-state index is 11.6. The van der Waals surface area contributed by atoms with E-state index < -0.39 is 0 Å². The predicted octanol–water partition coefficient (Wildman–Crippen LogP) is 2.87. The number of benzene rings is 1. The third kappa shape index (κ3) is 5.05. The monoisotopic (exact) mass is 397 g/mol. The summed E-state index contributed by atoms with van der Waals surface area (Å²) < 4.78 is 11.7. The van der Waals surface area contributed by atoms with E-state index in [-0.39, 0.29) is 12.0 Å². The number of carbonyl (C=O) groups excluding carboxylic acids is 1. The summed E-state index contributed by atoms with van der Waals surface area (Å²) >= 11 is 0. The summed E-state index contributed by atoms with van der Waals surface area (Å²) in [6.45, 7) is 3.43. The number of pyridine rings is 1. The lowest BCUT2D eigenvalue weighted by Gasteiger charge is -2.31. The zero-order valence-electron chi connectivity index (χ0n) is 16.7. The van der Waals surface area contributed by atoms with Crippen LogP contribution in [0.3, 0.4) is 0 Å². The molecule has 1 aromatic heterocycles. The number of ether oxygens (including phenoxy) is 2. The first-order valence-corrected chi connectivity index (χ1v) is 10.1. The van der Waals surface area contributed by atoms with Crippen molar-refractivity contribution in [3.63, 3.8) is 0 Å². The average Bonchev–Trinajstić information content (AvgIpc) is 2.75. The Morgan fingerprint density at radius 2 is 2.03 bits per heavy atom. The third-order valence-corrected chi connectivity index (χ3v) is 5.54. The molecular formula is C22H27N3O4. The fourth-order valence-corrected chi connectivity index (χ4v) is 3.94. The number of rotatable bonds is 6. The number of nitrogens with zero attached hydrogens (tertiary/aromatic N) is 2. The van der Waals surface area contributed by atoms with E-state index in [9.17, 15) is 4.79 Å². The van der Waals surface area contributed by atoms with E-state index >= 15 is 0 Å². The van der Waals surface area contributed by atoms with Crippen molar-refractivity contribution in [3.8, 4) is 11.6 Å². The lowest BCUT2D eigenvalue weighted by atomic mass is 9.93. The van der Waals surface area contributed by atoms with E-state index in [4.69, 9.17) is 9.47 Å². The molecule has 7 nitrogen and oxygen atoms in total. The molecule has 1 saturated heterocycles. The summed E-state index contributed by atoms with van der Waals surface area (Å²) in [4.78, 5) is 23.0. The van der Waals surface area contributed by atoms with Crippen molar-refractivity contribution < 1.29 is 19.1 Å². The van der Waals surface area contributed by atoms with E-state index in [1.54, 1.807) is 6.20 Å². The largest absolute Gasteiger partial charge is 0.484 e. The molecule has 0 radical (unpaired) electrons. The van der Waals surface area contributed by atoms with Gasteiger partial charge in [0.15, 0.2) is 11.9 Å². The maximum absolute atomic E-state index is 11.6. The van der Waals surface area contributed by atoms with Crippen LogP contribution in [-0.2, 0) is 16.2 Å². The zero-order valence-corrected chi connectivity index (χ0v) is 16.7. The highest BCUT2D eigenvalue weighted by Crippen LogP contribution is 2.34. The van der Waals surface area contributed by atoms with E-state index in [2.05, 4.69) is 44.5 Å². The maximum Gasteiger partial charge on any atom is 0.257 e. The Hall–Kier alpha value is -2.64. The lowest BCUT2D eigenvalue weighted by molar-refractivity contribution is -0.132. The van der Waals surface area contributed by atoms with Crippen LogP contribution in [-0.4, -0.2) is 42.6 Å². The molecule has 0 aliphatic carbocycles. The van der Waals surface area contributed by atoms with Crippen molar-refractivity contribution in [1.29, 1.82) is 0 Å². The fourth-order valence-electron chi connectivity index (χ4n) is 3.94. The van der Waals surface area contributed by atoms with Crippen molar-refractivity contribution in [2.24, 2.45) is 5.92 Å². The van der Waals surface area contributed by atoms with Crippen LogP contribution in [0.2, 0.25) is 0 Å². The Morgan fingerprint density at radius 1 is 1.24 bits per heavy atom. The minimum atomic E-state index is -0.138. The molecule has 29 heavy (non-hydrogen) atoms. The number of amides is 1. The summed E-state index contributed by atoms with van der Waals surface area (Å²) in [6, 6.07) is 12.2. The molecule has 0 unspecified atom stereocenters. The van der Waals surface area contributed by atoms with Gasteiger partial charge in [-0.2, -0.15) is 0 Å². The highest BCUT2D eigenvalue weighted by atomic mass is 16.6. The van der Waals surface area contributed by atoms with Crippen LogP contribution in [0.5, 0.6) is 11.6 Å². The number of hydroxylamine groups is 1. The Balaban J connectivity index is 1.27. The minimum Gasteiger partial charge on any atom is -0.484 e. The number of hydrogen-bond acceptors (Lipinski definition) is 6. The SMILES string of the molecule is CONC(=O)CC1CCN(Cc2ccc([C@H]3COc4cccnc4O3)cc2)CC1. The van der Waals surface area contributed by atoms with Gasteiger partial charge in [-0.15, -0.1) is 0 Å². The van der Waals surface area contributed by atoms with E-state index in [1.807, 2.05) is 12.1 Å². The van der Waals surface area contributed by atoms with Gasteiger partial charge in [-0.1, -0.05) is 24.3 Å². The topological polar surface area (TPSA) is 72.9 Å². The highest BCUT2D eigenvalue weighted by Gasteiger charge is 2.24. The molecule has 0 bridgehead atoms. The summed E-state index contributed by atoms with van der Waals surface area (Å²) in [6.07, 6.45) is 4.18. The molecule has 0 saturated carbocycles. The minimum absolute atomic E-state index is 0.0340. The first kappa shape index (κ1) is 19.7. The van der Waals surface area contributed by atoms with Crippen LogP contribution in [0.25, 0.3) is 0 Å². The Labute approximate surface area is 170 Å². The van der Waals surface area contributed by atoms with Gasteiger partial charge in [0.05, 0.1) is 7.11 Å². The zero-order chi connectivity index (χ0) is 20.1. The van der Waals surface area contributed by atoms with Gasteiger partial charge in [0.25, 0.3) is 5.88 Å². The van der Waals surface area contributed by atoms with Crippen LogP contribution < -0.4 is 15.0 Å². The molecule has 2 aliphatic heterocycles. The van der Waals surface area contributed by atoms with Crippen LogP contribution in [0.4, 0.5) is 0 Å². The summed E-state index contributed by atoms with van der Waals surface area (Å²) in [5.74, 6) is 1.65. The molecule has 0 spiro atoms. The molecule has 1 amide bonds. The van der Waals surface area contributed by atoms with Crippen molar-refractivity contribution >= 4 is 5.91 Å². The van der Waals surface area contributed by atoms with E-state index in [1.165, 1.54) is 12.7 Å². The van der Waals surface area contributed by atoms with Gasteiger partial charge in [0.2, 0.25) is 5.91 Å². The Kier molecular flexibility index (Phi) is 6.27. The second kappa shape index (κ2) is 9.24. The first-order chi connectivity index (χ1) is 14.2.